The van der Waals surface area contributed by atoms with Gasteiger partial charge in [-0.2, -0.15) is 0 Å². The number of hydrogen-bond donors (Lipinski definition) is 1. The predicted molar refractivity (Wildman–Crippen MR) is 78.6 cm³/mol. The van der Waals surface area contributed by atoms with Crippen LogP contribution in [0.4, 0.5) is 0 Å². The van der Waals surface area contributed by atoms with E-state index in [2.05, 4.69) is 39.2 Å². The summed E-state index contributed by atoms with van der Waals surface area (Å²) < 4.78 is 5.49. The monoisotopic (exact) mass is 271 g/mol. The molecule has 106 valence electrons. The van der Waals surface area contributed by atoms with E-state index >= 15 is 0 Å². The van der Waals surface area contributed by atoms with E-state index in [0.717, 1.165) is 13.0 Å². The van der Waals surface area contributed by atoms with E-state index < -0.39 is 8.07 Å². The second-order valence-electron chi connectivity index (χ2n) is 6.96. The van der Waals surface area contributed by atoms with Crippen molar-refractivity contribution in [3.05, 3.63) is 0 Å². The van der Waals surface area contributed by atoms with Crippen LogP contribution in [-0.2, 0) is 9.53 Å². The number of carbonyl (C=O) groups excluding carboxylic acids is 1. The Balaban J connectivity index is 2.96. The zero-order valence-electron chi connectivity index (χ0n) is 13.0. The molecule has 1 fully saturated rings. The van der Waals surface area contributed by atoms with Gasteiger partial charge in [-0.3, -0.25) is 10.1 Å². The van der Waals surface area contributed by atoms with Gasteiger partial charge in [0.2, 0.25) is 0 Å². The molecule has 1 heterocycles. The van der Waals surface area contributed by atoms with Crippen LogP contribution in [0.5, 0.6) is 0 Å². The zero-order valence-corrected chi connectivity index (χ0v) is 14.0. The number of ether oxygens (including phenoxy) is 1. The molecule has 0 aromatic rings. The van der Waals surface area contributed by atoms with Crippen LogP contribution in [0.3, 0.4) is 0 Å². The van der Waals surface area contributed by atoms with Gasteiger partial charge in [0.05, 0.1) is 19.3 Å². The van der Waals surface area contributed by atoms with E-state index in [1.807, 2.05) is 13.8 Å². The van der Waals surface area contributed by atoms with Crippen molar-refractivity contribution in [3.8, 4) is 0 Å². The van der Waals surface area contributed by atoms with Crippen LogP contribution >= 0.6 is 0 Å². The minimum atomic E-state index is -1.77. The number of ketones is 1. The average Bonchev–Trinajstić information content (AvgIpc) is 2.25. The van der Waals surface area contributed by atoms with Gasteiger partial charge in [-0.15, -0.1) is 0 Å². The Bertz CT molecular complexity index is 322. The summed E-state index contributed by atoms with van der Waals surface area (Å²) >= 11 is 0. The molecule has 0 amide bonds. The van der Waals surface area contributed by atoms with Crippen LogP contribution in [0.2, 0.25) is 18.1 Å². The molecule has 1 aliphatic rings. The molecule has 0 aliphatic carbocycles. The first-order valence-electron chi connectivity index (χ1n) is 7.00. The number of hydrogen-bond acceptors (Lipinski definition) is 3. The topological polar surface area (TPSA) is 38.3 Å². The van der Waals surface area contributed by atoms with Gasteiger partial charge in [-0.05, 0) is 25.3 Å². The molecule has 1 saturated heterocycles. The predicted octanol–water partition coefficient (Wildman–Crippen LogP) is 2.76. The number of rotatable bonds is 5. The Labute approximate surface area is 113 Å². The van der Waals surface area contributed by atoms with Crippen LogP contribution in [0.25, 0.3) is 0 Å². The molecule has 1 N–H and O–H groups in total. The summed E-state index contributed by atoms with van der Waals surface area (Å²) in [6, 6.07) is 0.0146. The van der Waals surface area contributed by atoms with Crippen molar-refractivity contribution >= 4 is 13.9 Å². The second kappa shape index (κ2) is 5.06. The van der Waals surface area contributed by atoms with E-state index in [1.54, 1.807) is 0 Å². The summed E-state index contributed by atoms with van der Waals surface area (Å²) in [5.41, 5.74) is 0. The highest BCUT2D eigenvalue weighted by molar-refractivity contribution is 6.87. The van der Waals surface area contributed by atoms with Gasteiger partial charge in [0.15, 0.2) is 5.78 Å². The van der Waals surface area contributed by atoms with Crippen LogP contribution in [0.15, 0.2) is 0 Å². The summed E-state index contributed by atoms with van der Waals surface area (Å²) in [6.45, 7) is 16.8. The molecule has 0 aromatic heterocycles. The van der Waals surface area contributed by atoms with Crippen molar-refractivity contribution in [2.24, 2.45) is 0 Å². The fourth-order valence-electron chi connectivity index (χ4n) is 2.80. The number of carbonyl (C=O) groups is 1. The van der Waals surface area contributed by atoms with Crippen LogP contribution in [0.1, 0.15) is 41.0 Å². The standard InChI is InChI=1S/C14H29NO2Si/c1-8-17-10-9-14(12(16)11(2)15-14)18(6,7)13(3,4)5/h11,15H,8-10H2,1-7H3/t11-,14-/m1/s1. The summed E-state index contributed by atoms with van der Waals surface area (Å²) in [7, 11) is -1.77. The van der Waals surface area contributed by atoms with E-state index in [-0.39, 0.29) is 16.2 Å². The summed E-state index contributed by atoms with van der Waals surface area (Å²) in [6.07, 6.45) is 0.820. The maximum atomic E-state index is 12.5. The lowest BCUT2D eigenvalue weighted by molar-refractivity contribution is -0.133. The first-order chi connectivity index (χ1) is 8.10. The molecule has 1 aliphatic heterocycles. The normalized spacial score (nSPS) is 29.3. The highest BCUT2D eigenvalue weighted by Crippen LogP contribution is 2.47. The smallest absolute Gasteiger partial charge is 0.166 e. The molecule has 2 atom stereocenters. The first-order valence-corrected chi connectivity index (χ1v) is 10.00. The molecule has 1 rings (SSSR count). The largest absolute Gasteiger partial charge is 0.382 e. The third-order valence-corrected chi connectivity index (χ3v) is 11.6. The van der Waals surface area contributed by atoms with Crippen molar-refractivity contribution in [1.29, 1.82) is 0 Å². The Morgan fingerprint density at radius 1 is 1.39 bits per heavy atom. The maximum absolute atomic E-state index is 12.5. The van der Waals surface area contributed by atoms with Gasteiger partial charge >= 0.3 is 0 Å². The van der Waals surface area contributed by atoms with E-state index in [1.165, 1.54) is 0 Å². The molecule has 18 heavy (non-hydrogen) atoms. The fourth-order valence-corrected chi connectivity index (χ4v) is 6.22. The van der Waals surface area contributed by atoms with Gasteiger partial charge in [0.25, 0.3) is 0 Å². The summed E-state index contributed by atoms with van der Waals surface area (Å²) in [4.78, 5) is 12.5. The number of Topliss-reactive ketones (excluding diaryl/α,β-unsaturated/α-hetero) is 1. The highest BCUT2D eigenvalue weighted by Gasteiger charge is 2.63. The van der Waals surface area contributed by atoms with E-state index in [4.69, 9.17) is 4.74 Å². The Hall–Kier alpha value is -0.193. The number of nitrogens with one attached hydrogen (secondary N) is 1. The van der Waals surface area contributed by atoms with Crippen molar-refractivity contribution in [2.45, 2.75) is 70.4 Å². The molecule has 0 aromatic carbocycles. The van der Waals surface area contributed by atoms with Crippen LogP contribution < -0.4 is 5.32 Å². The van der Waals surface area contributed by atoms with Gasteiger partial charge in [-0.25, -0.2) is 0 Å². The van der Waals surface area contributed by atoms with Crippen LogP contribution in [-0.4, -0.2) is 38.3 Å². The van der Waals surface area contributed by atoms with Crippen LogP contribution in [0, 0.1) is 0 Å². The van der Waals surface area contributed by atoms with Gasteiger partial charge in [-0.1, -0.05) is 33.9 Å². The highest BCUT2D eigenvalue weighted by atomic mass is 28.3. The van der Waals surface area contributed by atoms with E-state index in [0.29, 0.717) is 12.4 Å². The molecule has 0 unspecified atom stereocenters. The molecular weight excluding hydrogens is 242 g/mol. The lowest BCUT2D eigenvalue weighted by Crippen LogP contribution is -2.83. The fraction of sp³-hybridized carbons (Fsp3) is 0.929. The van der Waals surface area contributed by atoms with Crippen molar-refractivity contribution in [2.75, 3.05) is 13.2 Å². The third kappa shape index (κ3) is 2.30. The minimum Gasteiger partial charge on any atom is -0.382 e. The Kier molecular flexibility index (Phi) is 4.46. The van der Waals surface area contributed by atoms with Gasteiger partial charge in [0, 0.05) is 13.2 Å². The molecule has 3 nitrogen and oxygen atoms in total. The minimum absolute atomic E-state index is 0.0146. The summed E-state index contributed by atoms with van der Waals surface area (Å²) in [5, 5.41) is 3.45. The molecule has 0 bridgehead atoms. The van der Waals surface area contributed by atoms with E-state index in [9.17, 15) is 4.79 Å². The SMILES string of the molecule is CCOCC[C@]1([Si](C)(C)C(C)(C)C)N[C@H](C)C1=O. The quantitative estimate of drug-likeness (QED) is 0.617. The maximum Gasteiger partial charge on any atom is 0.166 e. The first kappa shape index (κ1) is 15.9. The Morgan fingerprint density at radius 3 is 2.28 bits per heavy atom. The molecule has 4 heteroatoms. The van der Waals surface area contributed by atoms with Crippen molar-refractivity contribution in [1.82, 2.24) is 5.32 Å². The molecule has 0 saturated carbocycles. The molecular formula is C14H29NO2Si. The lowest BCUT2D eigenvalue weighted by Gasteiger charge is -2.59. The zero-order chi connectivity index (χ0) is 14.2. The molecule has 0 radical (unpaired) electrons. The lowest BCUT2D eigenvalue weighted by atomic mass is 9.92. The van der Waals surface area contributed by atoms with Crippen molar-refractivity contribution in [3.63, 3.8) is 0 Å². The third-order valence-electron chi connectivity index (χ3n) is 5.04. The second-order valence-corrected chi connectivity index (χ2v) is 12.6. The van der Waals surface area contributed by atoms with Gasteiger partial charge in [0.1, 0.15) is 0 Å². The Morgan fingerprint density at radius 2 is 1.94 bits per heavy atom. The summed E-state index contributed by atoms with van der Waals surface area (Å²) in [5.74, 6) is 0.397. The average molecular weight is 271 g/mol. The van der Waals surface area contributed by atoms with Crippen molar-refractivity contribution < 1.29 is 9.53 Å². The van der Waals surface area contributed by atoms with Gasteiger partial charge < -0.3 is 4.74 Å². The molecule has 0 spiro atoms.